The molecule has 0 atom stereocenters. The maximum Gasteiger partial charge on any atom is 0.240 e. The number of unbranched alkanes of at least 4 members (excludes halogenated alkanes) is 12. The monoisotopic (exact) mass is 376 g/mol. The minimum atomic E-state index is -0.308. The fourth-order valence-corrected chi connectivity index (χ4v) is 3.12. The fourth-order valence-electron chi connectivity index (χ4n) is 3.12. The number of carbonyl (C=O) groups excluding carboxylic acids is 1. The molecule has 27 heavy (non-hydrogen) atoms. The molecule has 0 heterocycles. The Bertz CT molecular complexity index is 531. The first-order valence-electron chi connectivity index (χ1n) is 10.8. The number of hydrogen-bond acceptors (Lipinski definition) is 2. The van der Waals surface area contributed by atoms with Crippen LogP contribution < -0.4 is 5.43 Å². The summed E-state index contributed by atoms with van der Waals surface area (Å²) in [6.45, 7) is 2.26. The van der Waals surface area contributed by atoms with Gasteiger partial charge in [0.1, 0.15) is 5.82 Å². The van der Waals surface area contributed by atoms with Crippen LogP contribution in [0.4, 0.5) is 4.39 Å². The summed E-state index contributed by atoms with van der Waals surface area (Å²) in [5, 5.41) is 3.87. The molecule has 1 N–H and O–H groups in total. The molecule has 0 fully saturated rings. The highest BCUT2D eigenvalue weighted by Crippen LogP contribution is 2.12. The van der Waals surface area contributed by atoms with Crippen molar-refractivity contribution in [3.05, 3.63) is 35.6 Å². The maximum atomic E-state index is 13.0. The smallest absolute Gasteiger partial charge is 0.240 e. The van der Waals surface area contributed by atoms with Crippen molar-refractivity contribution in [2.75, 3.05) is 0 Å². The molecule has 1 aromatic carbocycles. The second-order valence-electron chi connectivity index (χ2n) is 7.34. The van der Waals surface area contributed by atoms with Crippen molar-refractivity contribution in [2.24, 2.45) is 5.10 Å². The van der Waals surface area contributed by atoms with E-state index in [1.54, 1.807) is 12.1 Å². The summed E-state index contributed by atoms with van der Waals surface area (Å²) in [7, 11) is 0. The third-order valence-corrected chi connectivity index (χ3v) is 4.76. The van der Waals surface area contributed by atoms with Crippen LogP contribution in [0.5, 0.6) is 0 Å². The molecule has 0 aromatic heterocycles. The number of halogens is 1. The van der Waals surface area contributed by atoms with Crippen LogP contribution in [0.3, 0.4) is 0 Å². The number of nitrogens with one attached hydrogen (secondary N) is 1. The minimum absolute atomic E-state index is 0.0780. The van der Waals surface area contributed by atoms with Gasteiger partial charge in [0.2, 0.25) is 5.91 Å². The lowest BCUT2D eigenvalue weighted by atomic mass is 10.0. The summed E-state index contributed by atoms with van der Waals surface area (Å²) < 4.78 is 13.0. The van der Waals surface area contributed by atoms with Gasteiger partial charge in [-0.3, -0.25) is 4.79 Å². The number of benzene rings is 1. The first kappa shape index (κ1) is 23.3. The Morgan fingerprint density at radius 3 is 2.04 bits per heavy atom. The topological polar surface area (TPSA) is 41.5 Å². The Labute approximate surface area is 164 Å². The molecular formula is C23H37FN2O. The van der Waals surface area contributed by atoms with Crippen molar-refractivity contribution < 1.29 is 9.18 Å². The molecule has 0 aliphatic carbocycles. The average molecular weight is 377 g/mol. The predicted molar refractivity (Wildman–Crippen MR) is 112 cm³/mol. The summed E-state index contributed by atoms with van der Waals surface area (Å²) in [6, 6.07) is 6.12. The molecule has 0 radical (unpaired) electrons. The molecule has 0 aliphatic rings. The predicted octanol–water partition coefficient (Wildman–Crippen LogP) is 6.76. The molecule has 4 heteroatoms. The average Bonchev–Trinajstić information content (AvgIpc) is 2.65. The van der Waals surface area contributed by atoms with Crippen LogP contribution in [0.2, 0.25) is 0 Å². The van der Waals surface area contributed by atoms with Crippen LogP contribution in [0.25, 0.3) is 0 Å². The molecule has 3 nitrogen and oxygen atoms in total. The lowest BCUT2D eigenvalue weighted by molar-refractivity contribution is -0.121. The van der Waals surface area contributed by atoms with Gasteiger partial charge in [0.05, 0.1) is 6.21 Å². The van der Waals surface area contributed by atoms with E-state index in [9.17, 15) is 9.18 Å². The van der Waals surface area contributed by atoms with E-state index in [1.807, 2.05) is 0 Å². The van der Waals surface area contributed by atoms with Gasteiger partial charge in [0.25, 0.3) is 0 Å². The van der Waals surface area contributed by atoms with E-state index in [0.717, 1.165) is 12.8 Å². The summed E-state index contributed by atoms with van der Waals surface area (Å²) in [5.74, 6) is -0.386. The summed E-state index contributed by atoms with van der Waals surface area (Å²) >= 11 is 0. The van der Waals surface area contributed by atoms with Gasteiger partial charge in [0.15, 0.2) is 0 Å². The first-order chi connectivity index (χ1) is 13.2. The molecule has 0 spiro atoms. The summed E-state index contributed by atoms with van der Waals surface area (Å²) in [6.07, 6.45) is 18.8. The molecule has 1 amide bonds. The van der Waals surface area contributed by atoms with Gasteiger partial charge in [0, 0.05) is 6.42 Å². The Kier molecular flexibility index (Phi) is 14.2. The molecule has 0 saturated heterocycles. The Hall–Kier alpha value is -1.71. The van der Waals surface area contributed by atoms with Gasteiger partial charge in [-0.15, -0.1) is 0 Å². The molecule has 152 valence electrons. The van der Waals surface area contributed by atoms with E-state index in [1.165, 1.54) is 89.0 Å². The largest absolute Gasteiger partial charge is 0.273 e. The van der Waals surface area contributed by atoms with Crippen LogP contribution in [0.1, 0.15) is 102 Å². The number of amides is 1. The van der Waals surface area contributed by atoms with Crippen molar-refractivity contribution in [1.82, 2.24) is 5.43 Å². The van der Waals surface area contributed by atoms with E-state index in [0.29, 0.717) is 12.0 Å². The van der Waals surface area contributed by atoms with Gasteiger partial charge >= 0.3 is 0 Å². The second kappa shape index (κ2) is 16.5. The zero-order chi connectivity index (χ0) is 19.6. The molecule has 0 bridgehead atoms. The fraction of sp³-hybridized carbons (Fsp3) is 0.652. The maximum absolute atomic E-state index is 13.0. The Morgan fingerprint density at radius 2 is 1.48 bits per heavy atom. The molecular weight excluding hydrogens is 339 g/mol. The van der Waals surface area contributed by atoms with E-state index in [-0.39, 0.29) is 11.7 Å². The Morgan fingerprint density at radius 1 is 0.926 bits per heavy atom. The van der Waals surface area contributed by atoms with Crippen molar-refractivity contribution in [3.63, 3.8) is 0 Å². The molecule has 1 rings (SSSR count). The zero-order valence-corrected chi connectivity index (χ0v) is 17.0. The molecule has 0 saturated carbocycles. The standard InChI is InChI=1S/C23H37FN2O/c1-2-3-4-5-6-7-8-9-10-11-12-13-14-18-23(27)26-25-20-21-16-15-17-22(24)19-21/h15-17,19-20H,2-14,18H2,1H3,(H,26,27)/b25-20+. The highest BCUT2D eigenvalue weighted by atomic mass is 19.1. The third kappa shape index (κ3) is 14.1. The van der Waals surface area contributed by atoms with Crippen LogP contribution in [-0.4, -0.2) is 12.1 Å². The highest BCUT2D eigenvalue weighted by Gasteiger charge is 2.00. The van der Waals surface area contributed by atoms with Crippen LogP contribution >= 0.6 is 0 Å². The zero-order valence-electron chi connectivity index (χ0n) is 17.0. The minimum Gasteiger partial charge on any atom is -0.273 e. The van der Waals surface area contributed by atoms with Gasteiger partial charge in [-0.05, 0) is 24.1 Å². The van der Waals surface area contributed by atoms with E-state index >= 15 is 0 Å². The van der Waals surface area contributed by atoms with Gasteiger partial charge in [-0.1, -0.05) is 96.1 Å². The normalized spacial score (nSPS) is 11.2. The van der Waals surface area contributed by atoms with Crippen LogP contribution in [-0.2, 0) is 4.79 Å². The lowest BCUT2D eigenvalue weighted by Crippen LogP contribution is -2.16. The van der Waals surface area contributed by atoms with Crippen molar-refractivity contribution >= 4 is 12.1 Å². The SMILES string of the molecule is CCCCCCCCCCCCCCCC(=O)N/N=C/c1cccc(F)c1. The number of rotatable bonds is 16. The molecule has 1 aromatic rings. The second-order valence-corrected chi connectivity index (χ2v) is 7.34. The van der Waals surface area contributed by atoms with Crippen LogP contribution in [0, 0.1) is 5.82 Å². The first-order valence-corrected chi connectivity index (χ1v) is 10.8. The van der Waals surface area contributed by atoms with Gasteiger partial charge in [-0.25, -0.2) is 9.82 Å². The van der Waals surface area contributed by atoms with E-state index < -0.39 is 0 Å². The van der Waals surface area contributed by atoms with Crippen LogP contribution in [0.15, 0.2) is 29.4 Å². The van der Waals surface area contributed by atoms with Crippen molar-refractivity contribution in [3.8, 4) is 0 Å². The van der Waals surface area contributed by atoms with Crippen molar-refractivity contribution in [2.45, 2.75) is 96.8 Å². The number of hydrazone groups is 1. The lowest BCUT2D eigenvalue weighted by Gasteiger charge is -2.03. The highest BCUT2D eigenvalue weighted by molar-refractivity contribution is 5.82. The van der Waals surface area contributed by atoms with Crippen molar-refractivity contribution in [1.29, 1.82) is 0 Å². The summed E-state index contributed by atoms with van der Waals surface area (Å²) in [5.41, 5.74) is 3.14. The Balaban J connectivity index is 1.88. The third-order valence-electron chi connectivity index (χ3n) is 4.76. The number of hydrogen-bond donors (Lipinski definition) is 1. The number of nitrogens with zero attached hydrogens (tertiary/aromatic N) is 1. The molecule has 0 unspecified atom stereocenters. The quantitative estimate of drug-likeness (QED) is 0.193. The van der Waals surface area contributed by atoms with Gasteiger partial charge < -0.3 is 0 Å². The summed E-state index contributed by atoms with van der Waals surface area (Å²) in [4.78, 5) is 11.7. The van der Waals surface area contributed by atoms with E-state index in [4.69, 9.17) is 0 Å². The van der Waals surface area contributed by atoms with Gasteiger partial charge in [-0.2, -0.15) is 5.10 Å². The molecule has 0 aliphatic heterocycles. The number of carbonyl (C=O) groups is 1. The van der Waals surface area contributed by atoms with E-state index in [2.05, 4.69) is 17.5 Å².